The Bertz CT molecular complexity index is 145. The highest BCUT2D eigenvalue weighted by Crippen LogP contribution is 2.23. The van der Waals surface area contributed by atoms with Crippen molar-refractivity contribution in [2.24, 2.45) is 5.92 Å². The number of nitrogens with zero attached hydrogens (tertiary/aromatic N) is 1. The second-order valence-electron chi connectivity index (χ2n) is 3.04. The molecule has 1 rings (SSSR count). The Balaban J connectivity index is 2.22. The molecule has 0 aromatic rings. The summed E-state index contributed by atoms with van der Waals surface area (Å²) >= 11 is 1.89. The topological polar surface area (TPSA) is 20.3 Å². The van der Waals surface area contributed by atoms with E-state index in [1.54, 1.807) is 0 Å². The Morgan fingerprint density at radius 2 is 2.09 bits per heavy atom. The number of rotatable bonds is 2. The van der Waals surface area contributed by atoms with Gasteiger partial charge in [-0.25, -0.2) is 0 Å². The molecular weight excluding hydrogens is 272 g/mol. The molecule has 0 saturated carbocycles. The van der Waals surface area contributed by atoms with Crippen LogP contribution in [0.5, 0.6) is 0 Å². The smallest absolute Gasteiger partial charge is 0.192 e. The normalized spacial score (nSPS) is 22.0. The number of carbonyl (C=O) groups is 1. The summed E-state index contributed by atoms with van der Waals surface area (Å²) in [5.74, 6) is 0.649. The second kappa shape index (κ2) is 4.73. The third kappa shape index (κ3) is 3.81. The molecule has 0 amide bonds. The van der Waals surface area contributed by atoms with Crippen LogP contribution < -0.4 is 0 Å². The summed E-state index contributed by atoms with van der Waals surface area (Å²) in [6.45, 7) is 2.25. The number of hydrogen-bond acceptors (Lipinski definition) is 2. The minimum absolute atomic E-state index is 0.310. The molecule has 0 aromatic heterocycles. The maximum Gasteiger partial charge on any atom is 0.192 e. The molecule has 64 valence electrons. The summed E-state index contributed by atoms with van der Waals surface area (Å²) in [6.07, 6.45) is 3.13. The summed E-state index contributed by atoms with van der Waals surface area (Å²) in [5, 5.41) is 0. The minimum Gasteiger partial charge on any atom is -0.288 e. The van der Waals surface area contributed by atoms with Crippen molar-refractivity contribution in [3.05, 3.63) is 0 Å². The van der Waals surface area contributed by atoms with Crippen LogP contribution in [0.1, 0.15) is 19.3 Å². The van der Waals surface area contributed by atoms with Crippen LogP contribution in [0.3, 0.4) is 0 Å². The minimum atomic E-state index is 0.310. The summed E-state index contributed by atoms with van der Waals surface area (Å²) in [6, 6.07) is 0. The molecule has 0 bridgehead atoms. The van der Waals surface area contributed by atoms with Gasteiger partial charge in [-0.2, -0.15) is 0 Å². The molecule has 1 unspecified atom stereocenters. The van der Waals surface area contributed by atoms with Crippen molar-refractivity contribution in [3.63, 3.8) is 0 Å². The lowest BCUT2D eigenvalue weighted by molar-refractivity contribution is -0.110. The first-order valence-electron chi connectivity index (χ1n) is 3.86. The van der Waals surface area contributed by atoms with Gasteiger partial charge in [-0.15, -0.1) is 0 Å². The third-order valence-electron chi connectivity index (χ3n) is 2.10. The van der Waals surface area contributed by atoms with Gasteiger partial charge < -0.3 is 0 Å². The number of halogens is 1. The van der Waals surface area contributed by atoms with Gasteiger partial charge in [0, 0.05) is 19.5 Å². The summed E-state index contributed by atoms with van der Waals surface area (Å²) in [7, 11) is 2.71. The van der Waals surface area contributed by atoms with Crippen molar-refractivity contribution in [1.82, 2.24) is 4.67 Å². The zero-order chi connectivity index (χ0) is 8.27. The fraction of sp³-hybridized carbons (Fsp3) is 0.857. The van der Waals surface area contributed by atoms with Gasteiger partial charge in [0.15, 0.2) is 3.79 Å². The van der Waals surface area contributed by atoms with E-state index < -0.39 is 0 Å². The Morgan fingerprint density at radius 1 is 1.55 bits per heavy atom. The van der Waals surface area contributed by atoms with Gasteiger partial charge in [-0.05, 0) is 41.4 Å². The predicted octanol–water partition coefficient (Wildman–Crippen LogP) is 1.84. The van der Waals surface area contributed by atoms with Crippen LogP contribution in [0.25, 0.3) is 0 Å². The maximum absolute atomic E-state index is 10.8. The highest BCUT2D eigenvalue weighted by molar-refractivity contribution is 14.1. The van der Waals surface area contributed by atoms with Crippen LogP contribution >= 0.6 is 32.0 Å². The van der Waals surface area contributed by atoms with Crippen LogP contribution in [-0.2, 0) is 4.79 Å². The zero-order valence-corrected chi connectivity index (χ0v) is 9.74. The second-order valence-corrected chi connectivity index (χ2v) is 4.97. The lowest BCUT2D eigenvalue weighted by atomic mass is 9.95. The summed E-state index contributed by atoms with van der Waals surface area (Å²) in [5.41, 5.74) is 0. The van der Waals surface area contributed by atoms with Gasteiger partial charge in [0.2, 0.25) is 0 Å². The molecule has 11 heavy (non-hydrogen) atoms. The van der Waals surface area contributed by atoms with Crippen molar-refractivity contribution in [2.45, 2.75) is 19.3 Å². The van der Waals surface area contributed by atoms with Crippen LogP contribution in [-0.4, -0.2) is 21.5 Å². The maximum atomic E-state index is 10.8. The van der Waals surface area contributed by atoms with Crippen molar-refractivity contribution in [1.29, 1.82) is 0 Å². The molecule has 1 fully saturated rings. The first kappa shape index (κ1) is 9.87. The molecule has 0 N–H and O–H groups in total. The molecule has 0 aliphatic carbocycles. The van der Waals surface area contributed by atoms with Gasteiger partial charge in [-0.1, -0.05) is 9.39 Å². The Labute approximate surface area is 83.5 Å². The van der Waals surface area contributed by atoms with Gasteiger partial charge in [0.05, 0.1) is 0 Å². The average molecular weight is 285 g/mol. The van der Waals surface area contributed by atoms with E-state index in [1.807, 2.05) is 22.6 Å². The monoisotopic (exact) mass is 285 g/mol. The van der Waals surface area contributed by atoms with Crippen molar-refractivity contribution in [2.75, 3.05) is 13.1 Å². The fourth-order valence-electron chi connectivity index (χ4n) is 1.38. The molecule has 4 heteroatoms. The van der Waals surface area contributed by atoms with Gasteiger partial charge >= 0.3 is 0 Å². The van der Waals surface area contributed by atoms with Gasteiger partial charge in [0.25, 0.3) is 0 Å². The van der Waals surface area contributed by atoms with E-state index in [-0.39, 0.29) is 0 Å². The number of piperidine rings is 1. The highest BCUT2D eigenvalue weighted by Gasteiger charge is 2.18. The fourth-order valence-corrected chi connectivity index (χ4v) is 2.30. The molecule has 1 atom stereocenters. The Morgan fingerprint density at radius 3 is 2.55 bits per heavy atom. The van der Waals surface area contributed by atoms with Crippen LogP contribution in [0.15, 0.2) is 0 Å². The molecule has 1 aliphatic rings. The third-order valence-corrected chi connectivity index (χ3v) is 3.06. The zero-order valence-electron chi connectivity index (χ0n) is 6.42. The number of carbonyl (C=O) groups excluding carboxylic acids is 1. The molecule has 0 spiro atoms. The van der Waals surface area contributed by atoms with E-state index in [4.69, 9.17) is 0 Å². The molecule has 1 aliphatic heterocycles. The quantitative estimate of drug-likeness (QED) is 0.438. The van der Waals surface area contributed by atoms with E-state index in [0.29, 0.717) is 9.71 Å². The van der Waals surface area contributed by atoms with Crippen LogP contribution in [0.4, 0.5) is 0 Å². The number of hydrogen-bond donors (Lipinski definition) is 0. The van der Waals surface area contributed by atoms with Crippen molar-refractivity contribution in [3.8, 4) is 0 Å². The molecule has 0 aromatic carbocycles. The SMILES string of the molecule is O=C(I)CC1CCN(P)CC1. The van der Waals surface area contributed by atoms with Gasteiger partial charge in [0.1, 0.15) is 0 Å². The van der Waals surface area contributed by atoms with E-state index in [9.17, 15) is 4.79 Å². The van der Waals surface area contributed by atoms with Gasteiger partial charge in [-0.3, -0.25) is 9.46 Å². The Hall–Kier alpha value is 0.790. The first-order valence-corrected chi connectivity index (χ1v) is 5.46. The van der Waals surface area contributed by atoms with Crippen LogP contribution in [0.2, 0.25) is 0 Å². The van der Waals surface area contributed by atoms with E-state index >= 15 is 0 Å². The summed E-state index contributed by atoms with van der Waals surface area (Å²) in [4.78, 5) is 10.8. The van der Waals surface area contributed by atoms with E-state index in [1.165, 1.54) is 12.8 Å². The van der Waals surface area contributed by atoms with Crippen molar-refractivity contribution >= 4 is 35.8 Å². The average Bonchev–Trinajstić information content (AvgIpc) is 1.93. The van der Waals surface area contributed by atoms with Crippen molar-refractivity contribution < 1.29 is 4.79 Å². The van der Waals surface area contributed by atoms with E-state index in [2.05, 4.69) is 14.1 Å². The summed E-state index contributed by atoms with van der Waals surface area (Å²) < 4.78 is 2.55. The molecule has 1 heterocycles. The standard InChI is InChI=1S/C7H13INOP/c8-7(10)5-6-1-3-9(11)4-2-6/h6H,1-5,11H2. The predicted molar refractivity (Wildman–Crippen MR) is 57.7 cm³/mol. The molecule has 0 radical (unpaired) electrons. The largest absolute Gasteiger partial charge is 0.288 e. The highest BCUT2D eigenvalue weighted by atomic mass is 127. The van der Waals surface area contributed by atoms with E-state index in [0.717, 1.165) is 19.5 Å². The lowest BCUT2D eigenvalue weighted by Gasteiger charge is -2.27. The molecule has 1 saturated heterocycles. The lowest BCUT2D eigenvalue weighted by Crippen LogP contribution is -2.26. The molecule has 2 nitrogen and oxygen atoms in total. The van der Waals surface area contributed by atoms with Crippen LogP contribution in [0, 0.1) is 5.92 Å². The Kier molecular flexibility index (Phi) is 4.24. The molecular formula is C7H13INOP. The first-order chi connectivity index (χ1) is 5.18.